The fraction of sp³-hybridized carbons (Fsp3) is 0.421. The number of amides is 1. The first-order chi connectivity index (χ1) is 11.2. The van der Waals surface area contributed by atoms with Crippen molar-refractivity contribution < 1.29 is 4.79 Å². The molecule has 0 aromatic heterocycles. The minimum absolute atomic E-state index is 0.0960. The van der Waals surface area contributed by atoms with Gasteiger partial charge in [-0.15, -0.1) is 11.6 Å². The van der Waals surface area contributed by atoms with Gasteiger partial charge in [-0.25, -0.2) is 0 Å². The summed E-state index contributed by atoms with van der Waals surface area (Å²) in [4.78, 5) is 11.3. The third-order valence-electron chi connectivity index (χ3n) is 4.38. The normalized spacial score (nSPS) is 24.7. The molecular formula is C19H22Cl3NO. The van der Waals surface area contributed by atoms with Crippen LogP contribution in [0.3, 0.4) is 0 Å². The van der Waals surface area contributed by atoms with E-state index in [4.69, 9.17) is 34.8 Å². The average molecular weight is 387 g/mol. The Morgan fingerprint density at radius 2 is 1.96 bits per heavy atom. The smallest absolute Gasteiger partial charge is 0.244 e. The molecule has 1 amide bonds. The first-order valence-corrected chi connectivity index (χ1v) is 9.16. The zero-order valence-electron chi connectivity index (χ0n) is 14.0. The summed E-state index contributed by atoms with van der Waals surface area (Å²) in [7, 11) is 0. The van der Waals surface area contributed by atoms with E-state index in [9.17, 15) is 4.79 Å². The van der Waals surface area contributed by atoms with Crippen molar-refractivity contribution in [2.24, 2.45) is 5.92 Å². The Balaban J connectivity index is 1.89. The van der Waals surface area contributed by atoms with Gasteiger partial charge in [0.15, 0.2) is 0 Å². The Bertz CT molecular complexity index is 669. The van der Waals surface area contributed by atoms with E-state index in [0.29, 0.717) is 16.0 Å². The van der Waals surface area contributed by atoms with Gasteiger partial charge in [0.25, 0.3) is 0 Å². The summed E-state index contributed by atoms with van der Waals surface area (Å²) < 4.78 is 0. The van der Waals surface area contributed by atoms with E-state index in [1.807, 2.05) is 31.2 Å². The fourth-order valence-corrected chi connectivity index (χ4v) is 3.02. The molecule has 0 saturated heterocycles. The molecular weight excluding hydrogens is 365 g/mol. The first kappa shape index (κ1) is 19.4. The summed E-state index contributed by atoms with van der Waals surface area (Å²) in [6.45, 7) is 6.14. The topological polar surface area (TPSA) is 29.1 Å². The third-order valence-corrected chi connectivity index (χ3v) is 5.67. The van der Waals surface area contributed by atoms with E-state index in [0.717, 1.165) is 12.0 Å². The van der Waals surface area contributed by atoms with Gasteiger partial charge < -0.3 is 5.32 Å². The number of rotatable bonds is 6. The Kier molecular flexibility index (Phi) is 6.41. The fourth-order valence-electron chi connectivity index (χ4n) is 2.36. The minimum atomic E-state index is -0.413. The van der Waals surface area contributed by atoms with E-state index in [1.165, 1.54) is 6.08 Å². The molecule has 0 aliphatic heterocycles. The lowest BCUT2D eigenvalue weighted by atomic mass is 10.1. The molecule has 1 aliphatic rings. The number of halogens is 3. The van der Waals surface area contributed by atoms with Gasteiger partial charge in [-0.2, -0.15) is 0 Å². The molecule has 5 heteroatoms. The number of nitrogens with one attached hydrogen (secondary N) is 1. The highest BCUT2D eigenvalue weighted by Crippen LogP contribution is 2.57. The van der Waals surface area contributed by atoms with Crippen LogP contribution in [-0.4, -0.2) is 16.8 Å². The summed E-state index contributed by atoms with van der Waals surface area (Å²) in [6, 6.07) is 5.75. The maximum Gasteiger partial charge on any atom is 0.244 e. The second-order valence-electron chi connectivity index (χ2n) is 6.62. The van der Waals surface area contributed by atoms with Crippen molar-refractivity contribution in [2.45, 2.75) is 44.0 Å². The Labute approximate surface area is 158 Å². The number of benzene rings is 1. The van der Waals surface area contributed by atoms with Gasteiger partial charge in [-0.05, 0) is 37.0 Å². The Morgan fingerprint density at radius 1 is 1.25 bits per heavy atom. The van der Waals surface area contributed by atoms with Crippen molar-refractivity contribution in [1.82, 2.24) is 5.32 Å². The largest absolute Gasteiger partial charge is 0.350 e. The maximum atomic E-state index is 11.8. The molecule has 2 unspecified atom stereocenters. The molecule has 1 saturated carbocycles. The summed E-state index contributed by atoms with van der Waals surface area (Å²) >= 11 is 18.6. The number of hydrogen-bond donors (Lipinski definition) is 1. The molecule has 3 atom stereocenters. The van der Waals surface area contributed by atoms with Crippen molar-refractivity contribution in [3.8, 4) is 0 Å². The van der Waals surface area contributed by atoms with Gasteiger partial charge in [0.05, 0.1) is 14.9 Å². The van der Waals surface area contributed by atoms with E-state index in [2.05, 4.69) is 19.2 Å². The summed E-state index contributed by atoms with van der Waals surface area (Å²) in [5.41, 5.74) is 1.08. The first-order valence-electron chi connectivity index (χ1n) is 8.03. The third kappa shape index (κ3) is 5.02. The molecule has 0 spiro atoms. The van der Waals surface area contributed by atoms with Crippen molar-refractivity contribution in [3.05, 3.63) is 58.1 Å². The molecule has 130 valence electrons. The van der Waals surface area contributed by atoms with E-state index in [1.54, 1.807) is 12.1 Å². The summed E-state index contributed by atoms with van der Waals surface area (Å²) in [5, 5.41) is 4.00. The highest BCUT2D eigenvalue weighted by atomic mass is 35.5. The Morgan fingerprint density at radius 3 is 2.58 bits per heavy atom. The van der Waals surface area contributed by atoms with Crippen LogP contribution in [0.1, 0.15) is 38.7 Å². The lowest BCUT2D eigenvalue weighted by Gasteiger charge is -2.15. The average Bonchev–Trinajstić information content (AvgIpc) is 3.18. The van der Waals surface area contributed by atoms with Crippen molar-refractivity contribution in [2.75, 3.05) is 0 Å². The molecule has 0 radical (unpaired) electrons. The predicted molar refractivity (Wildman–Crippen MR) is 103 cm³/mol. The highest BCUT2D eigenvalue weighted by Gasteiger charge is 2.51. The van der Waals surface area contributed by atoms with Gasteiger partial charge in [0, 0.05) is 18.0 Å². The molecule has 1 aliphatic carbocycles. The Hall–Kier alpha value is -0.960. The molecule has 24 heavy (non-hydrogen) atoms. The standard InChI is InChI=1S/C19H22Cl3NO/c1-12(2)13(3)23-18(24)6-4-5-9-19(22)11-15(19)14-7-8-16(20)17(21)10-14/h4-10,12-13,15H,11H2,1-3H3,(H,23,24)/t13?,15-,19?/m1/s1. The second-order valence-corrected chi connectivity index (χ2v) is 8.13. The van der Waals surface area contributed by atoms with Crippen LogP contribution in [0.2, 0.25) is 10.0 Å². The van der Waals surface area contributed by atoms with Crippen LogP contribution in [-0.2, 0) is 4.79 Å². The van der Waals surface area contributed by atoms with E-state index >= 15 is 0 Å². The molecule has 1 N–H and O–H groups in total. The summed E-state index contributed by atoms with van der Waals surface area (Å²) in [6.07, 6.45) is 7.83. The molecule has 0 heterocycles. The van der Waals surface area contributed by atoms with E-state index < -0.39 is 4.87 Å². The molecule has 2 rings (SSSR count). The van der Waals surface area contributed by atoms with Gasteiger partial charge in [0.1, 0.15) is 0 Å². The molecule has 2 nitrogen and oxygen atoms in total. The van der Waals surface area contributed by atoms with Crippen LogP contribution < -0.4 is 5.32 Å². The van der Waals surface area contributed by atoms with Gasteiger partial charge in [-0.1, -0.05) is 61.3 Å². The second kappa shape index (κ2) is 7.95. The van der Waals surface area contributed by atoms with Gasteiger partial charge in [-0.3, -0.25) is 4.79 Å². The highest BCUT2D eigenvalue weighted by molar-refractivity contribution is 6.42. The lowest BCUT2D eigenvalue weighted by Crippen LogP contribution is -2.34. The lowest BCUT2D eigenvalue weighted by molar-refractivity contribution is -0.117. The van der Waals surface area contributed by atoms with Crippen LogP contribution in [0.5, 0.6) is 0 Å². The number of carbonyl (C=O) groups excluding carboxylic acids is 1. The number of carbonyl (C=O) groups is 1. The summed E-state index contributed by atoms with van der Waals surface area (Å²) in [5.74, 6) is 0.525. The van der Waals surface area contributed by atoms with Crippen LogP contribution in [0.15, 0.2) is 42.5 Å². The quantitative estimate of drug-likeness (QED) is 0.377. The monoisotopic (exact) mass is 385 g/mol. The number of allylic oxidation sites excluding steroid dienone is 3. The molecule has 1 fully saturated rings. The SMILES string of the molecule is CC(C)C(C)NC(=O)C=CC=CC1(Cl)C[C@@H]1c1ccc(Cl)c(Cl)c1. The molecule has 0 bridgehead atoms. The molecule has 1 aromatic carbocycles. The van der Waals surface area contributed by atoms with Crippen LogP contribution in [0, 0.1) is 5.92 Å². The van der Waals surface area contributed by atoms with Crippen molar-refractivity contribution in [3.63, 3.8) is 0 Å². The van der Waals surface area contributed by atoms with Crippen molar-refractivity contribution in [1.29, 1.82) is 0 Å². The van der Waals surface area contributed by atoms with Crippen LogP contribution >= 0.6 is 34.8 Å². The zero-order chi connectivity index (χ0) is 17.9. The zero-order valence-corrected chi connectivity index (χ0v) is 16.3. The number of hydrogen-bond acceptors (Lipinski definition) is 1. The maximum absolute atomic E-state index is 11.8. The number of alkyl halides is 1. The van der Waals surface area contributed by atoms with Crippen LogP contribution in [0.4, 0.5) is 0 Å². The molecule has 1 aromatic rings. The predicted octanol–water partition coefficient (Wildman–Crippen LogP) is 5.73. The van der Waals surface area contributed by atoms with Gasteiger partial charge >= 0.3 is 0 Å². The van der Waals surface area contributed by atoms with Crippen LogP contribution in [0.25, 0.3) is 0 Å². The van der Waals surface area contributed by atoms with Gasteiger partial charge in [0.2, 0.25) is 5.91 Å². The minimum Gasteiger partial charge on any atom is -0.350 e. The van der Waals surface area contributed by atoms with Crippen molar-refractivity contribution >= 4 is 40.7 Å². The van der Waals surface area contributed by atoms with E-state index in [-0.39, 0.29) is 17.9 Å².